The molecule has 3 aromatic rings. The number of hydrogen-bond donors (Lipinski definition) is 1. The molecular weight excluding hydrogens is 478 g/mol. The predicted molar refractivity (Wildman–Crippen MR) is 148 cm³/mol. The molecule has 196 valence electrons. The third-order valence-corrected chi connectivity index (χ3v) is 6.80. The molecule has 6 nitrogen and oxygen atoms in total. The van der Waals surface area contributed by atoms with Crippen molar-refractivity contribution in [1.82, 2.24) is 4.90 Å². The number of amides is 1. The lowest BCUT2D eigenvalue weighted by Gasteiger charge is -2.27. The third-order valence-electron chi connectivity index (χ3n) is 6.80. The predicted octanol–water partition coefficient (Wildman–Crippen LogP) is 6.05. The molecule has 1 aliphatic heterocycles. The molecule has 0 saturated carbocycles. The highest BCUT2D eigenvalue weighted by Crippen LogP contribution is 2.39. The molecular formula is C32H33NO5. The van der Waals surface area contributed by atoms with Gasteiger partial charge in [0.25, 0.3) is 5.91 Å². The summed E-state index contributed by atoms with van der Waals surface area (Å²) in [4.78, 5) is 28.3. The van der Waals surface area contributed by atoms with E-state index in [1.54, 1.807) is 25.2 Å². The van der Waals surface area contributed by atoms with Gasteiger partial charge in [0.05, 0.1) is 25.8 Å². The van der Waals surface area contributed by atoms with E-state index < -0.39 is 23.5 Å². The van der Waals surface area contributed by atoms with Crippen LogP contribution >= 0.6 is 0 Å². The number of rotatable bonds is 10. The Bertz CT molecular complexity index is 1360. The Labute approximate surface area is 223 Å². The van der Waals surface area contributed by atoms with E-state index >= 15 is 0 Å². The van der Waals surface area contributed by atoms with Crippen molar-refractivity contribution < 1.29 is 24.2 Å². The Balaban J connectivity index is 1.66. The van der Waals surface area contributed by atoms with Crippen LogP contribution in [-0.4, -0.2) is 42.5 Å². The number of nitrogens with zero attached hydrogens (tertiary/aromatic N) is 1. The molecule has 1 N–H and O–H groups in total. The van der Waals surface area contributed by atoms with Gasteiger partial charge in [-0.05, 0) is 52.8 Å². The van der Waals surface area contributed by atoms with Gasteiger partial charge in [0.15, 0.2) is 23.0 Å². The van der Waals surface area contributed by atoms with Gasteiger partial charge in [-0.25, -0.2) is 0 Å². The van der Waals surface area contributed by atoms with E-state index in [2.05, 4.69) is 13.8 Å². The molecule has 0 radical (unpaired) electrons. The second-order valence-electron chi connectivity index (χ2n) is 9.53. The minimum Gasteiger partial charge on any atom is -0.503 e. The smallest absolute Gasteiger partial charge is 0.290 e. The lowest BCUT2D eigenvalue weighted by molar-refractivity contribution is -0.129. The summed E-state index contributed by atoms with van der Waals surface area (Å²) in [6.45, 7) is 4.52. The van der Waals surface area contributed by atoms with Crippen molar-refractivity contribution in [2.45, 2.75) is 32.2 Å². The molecule has 0 spiro atoms. The van der Waals surface area contributed by atoms with Crippen molar-refractivity contribution in [3.8, 4) is 11.5 Å². The van der Waals surface area contributed by atoms with Gasteiger partial charge >= 0.3 is 0 Å². The van der Waals surface area contributed by atoms with Gasteiger partial charge in [0.1, 0.15) is 0 Å². The average molecular weight is 512 g/mol. The summed E-state index contributed by atoms with van der Waals surface area (Å²) < 4.78 is 10.7. The van der Waals surface area contributed by atoms with Crippen LogP contribution in [0.5, 0.6) is 11.5 Å². The van der Waals surface area contributed by atoms with E-state index in [1.807, 2.05) is 72.8 Å². The maximum atomic E-state index is 13.4. The van der Waals surface area contributed by atoms with E-state index in [9.17, 15) is 14.7 Å². The number of methoxy groups -OCH3 is 2. The Hall–Kier alpha value is -4.32. The van der Waals surface area contributed by atoms with Gasteiger partial charge in [-0.15, -0.1) is 0 Å². The van der Waals surface area contributed by atoms with E-state index in [4.69, 9.17) is 9.47 Å². The van der Waals surface area contributed by atoms with Crippen LogP contribution in [0.15, 0.2) is 90.2 Å². The molecule has 0 bridgehead atoms. The van der Waals surface area contributed by atoms with Crippen molar-refractivity contribution in [3.63, 3.8) is 0 Å². The maximum Gasteiger partial charge on any atom is 0.290 e. The summed E-state index contributed by atoms with van der Waals surface area (Å²) in [5.41, 5.74) is 3.81. The lowest BCUT2D eigenvalue weighted by Crippen LogP contribution is -2.33. The van der Waals surface area contributed by atoms with Gasteiger partial charge in [-0.1, -0.05) is 80.6 Å². The minimum atomic E-state index is -0.697. The first-order valence-corrected chi connectivity index (χ1v) is 12.7. The zero-order valence-electron chi connectivity index (χ0n) is 22.2. The minimum absolute atomic E-state index is 0.0896. The van der Waals surface area contributed by atoms with Crippen LogP contribution in [0.25, 0.3) is 6.08 Å². The standard InChI is InChI=1S/C32H33NO5/c1-21(2)24-12-14-25(15-13-24)30-29(26(34)16-10-22-8-6-5-7-9-22)31(35)32(36)33(30)19-18-23-11-17-27(37-3)28(20-23)38-4/h5-17,20-21,30,35H,18-19H2,1-4H3/b16-10+/t30-/m1/s1. The Kier molecular flexibility index (Phi) is 8.31. The highest BCUT2D eigenvalue weighted by atomic mass is 16.5. The van der Waals surface area contributed by atoms with Crippen molar-refractivity contribution in [3.05, 3.63) is 112 Å². The summed E-state index contributed by atoms with van der Waals surface area (Å²) >= 11 is 0. The first-order chi connectivity index (χ1) is 18.3. The largest absolute Gasteiger partial charge is 0.503 e. The molecule has 4 rings (SSSR count). The Morgan fingerprint density at radius 3 is 2.29 bits per heavy atom. The quantitative estimate of drug-likeness (QED) is 0.336. The summed E-state index contributed by atoms with van der Waals surface area (Å²) in [7, 11) is 3.15. The molecule has 1 heterocycles. The summed E-state index contributed by atoms with van der Waals surface area (Å²) in [6, 6.07) is 22.2. The van der Waals surface area contributed by atoms with Crippen LogP contribution in [0.4, 0.5) is 0 Å². The molecule has 1 aliphatic rings. The van der Waals surface area contributed by atoms with Gasteiger partial charge in [-0.2, -0.15) is 0 Å². The van der Waals surface area contributed by atoms with E-state index in [-0.39, 0.29) is 5.57 Å². The molecule has 0 unspecified atom stereocenters. The van der Waals surface area contributed by atoms with Crippen molar-refractivity contribution in [2.24, 2.45) is 0 Å². The number of aliphatic hydroxyl groups excluding tert-OH is 1. The normalized spacial score (nSPS) is 15.6. The highest BCUT2D eigenvalue weighted by Gasteiger charge is 2.42. The number of benzene rings is 3. The summed E-state index contributed by atoms with van der Waals surface area (Å²) in [6.07, 6.45) is 3.61. The second kappa shape index (κ2) is 11.8. The average Bonchev–Trinajstić information content (AvgIpc) is 3.20. The third kappa shape index (κ3) is 5.65. The summed E-state index contributed by atoms with van der Waals surface area (Å²) in [5.74, 6) is 0.105. The van der Waals surface area contributed by atoms with Gasteiger partial charge in [0.2, 0.25) is 0 Å². The van der Waals surface area contributed by atoms with Crippen LogP contribution in [0.1, 0.15) is 48.1 Å². The van der Waals surface area contributed by atoms with Crippen LogP contribution < -0.4 is 9.47 Å². The number of allylic oxidation sites excluding steroid dienone is 1. The van der Waals surface area contributed by atoms with Crippen LogP contribution in [-0.2, 0) is 16.0 Å². The van der Waals surface area contributed by atoms with Crippen molar-refractivity contribution >= 4 is 17.8 Å². The fourth-order valence-electron chi connectivity index (χ4n) is 4.66. The second-order valence-corrected chi connectivity index (χ2v) is 9.53. The lowest BCUT2D eigenvalue weighted by atomic mass is 9.93. The van der Waals surface area contributed by atoms with Crippen molar-refractivity contribution in [1.29, 1.82) is 0 Å². The topological polar surface area (TPSA) is 76.1 Å². The van der Waals surface area contributed by atoms with Gasteiger partial charge in [-0.3, -0.25) is 9.59 Å². The zero-order valence-corrected chi connectivity index (χ0v) is 22.2. The first kappa shape index (κ1) is 26.7. The number of ketones is 1. The molecule has 1 atom stereocenters. The Morgan fingerprint density at radius 2 is 1.66 bits per heavy atom. The first-order valence-electron chi connectivity index (χ1n) is 12.7. The number of aliphatic hydroxyl groups is 1. The zero-order chi connectivity index (χ0) is 27.2. The number of ether oxygens (including phenoxy) is 2. The van der Waals surface area contributed by atoms with E-state index in [0.717, 1.165) is 22.3 Å². The Morgan fingerprint density at radius 1 is 0.974 bits per heavy atom. The molecule has 0 aromatic heterocycles. The van der Waals surface area contributed by atoms with E-state index in [0.29, 0.717) is 30.4 Å². The highest BCUT2D eigenvalue weighted by molar-refractivity contribution is 6.14. The summed E-state index contributed by atoms with van der Waals surface area (Å²) in [5, 5.41) is 10.9. The molecule has 0 aliphatic carbocycles. The molecule has 3 aromatic carbocycles. The van der Waals surface area contributed by atoms with E-state index in [1.165, 1.54) is 6.08 Å². The monoisotopic (exact) mass is 511 g/mol. The SMILES string of the molecule is COc1ccc(CCN2C(=O)C(O)=C(C(=O)/C=C/c3ccccc3)[C@H]2c2ccc(C(C)C)cc2)cc1OC. The fraction of sp³-hybridized carbons (Fsp3) is 0.250. The molecule has 1 amide bonds. The fourth-order valence-corrected chi connectivity index (χ4v) is 4.66. The van der Waals surface area contributed by atoms with Crippen molar-refractivity contribution in [2.75, 3.05) is 20.8 Å². The van der Waals surface area contributed by atoms with Crippen LogP contribution in [0, 0.1) is 0 Å². The molecule has 6 heteroatoms. The van der Waals surface area contributed by atoms with Crippen LogP contribution in [0.2, 0.25) is 0 Å². The van der Waals surface area contributed by atoms with Gasteiger partial charge in [0, 0.05) is 6.54 Å². The number of hydrogen-bond acceptors (Lipinski definition) is 5. The van der Waals surface area contributed by atoms with Gasteiger partial charge < -0.3 is 19.5 Å². The maximum absolute atomic E-state index is 13.4. The number of carbonyl (C=O) groups excluding carboxylic acids is 2. The molecule has 38 heavy (non-hydrogen) atoms. The molecule has 0 fully saturated rings. The van der Waals surface area contributed by atoms with Crippen LogP contribution in [0.3, 0.4) is 0 Å². The molecule has 0 saturated heterocycles. The number of carbonyl (C=O) groups is 2.